The second-order valence-corrected chi connectivity index (χ2v) is 4.37. The van der Waals surface area contributed by atoms with Crippen LogP contribution in [0.1, 0.15) is 11.4 Å². The normalized spacial score (nSPS) is 12.1. The molecule has 1 aromatic carbocycles. The Labute approximate surface area is 115 Å². The summed E-state index contributed by atoms with van der Waals surface area (Å²) in [6.07, 6.45) is 2.15. The SMILES string of the molecule is N[C@H](Cc1ccc(O)cc1)C(=O)NCCc1ncon1. The van der Waals surface area contributed by atoms with Crippen molar-refractivity contribution in [1.29, 1.82) is 0 Å². The van der Waals surface area contributed by atoms with Gasteiger partial charge in [0.25, 0.3) is 0 Å². The van der Waals surface area contributed by atoms with E-state index >= 15 is 0 Å². The van der Waals surface area contributed by atoms with Crippen LogP contribution >= 0.6 is 0 Å². The molecule has 0 radical (unpaired) electrons. The van der Waals surface area contributed by atoms with Crippen LogP contribution in [0.2, 0.25) is 0 Å². The average molecular weight is 276 g/mol. The van der Waals surface area contributed by atoms with Gasteiger partial charge in [-0.15, -0.1) is 0 Å². The summed E-state index contributed by atoms with van der Waals surface area (Å²) in [5.74, 6) is 0.492. The monoisotopic (exact) mass is 276 g/mol. The molecule has 106 valence electrons. The number of nitrogens with zero attached hydrogens (tertiary/aromatic N) is 2. The summed E-state index contributed by atoms with van der Waals surface area (Å²) in [5.41, 5.74) is 6.71. The van der Waals surface area contributed by atoms with Crippen LogP contribution in [-0.4, -0.2) is 33.7 Å². The lowest BCUT2D eigenvalue weighted by molar-refractivity contribution is -0.122. The summed E-state index contributed by atoms with van der Waals surface area (Å²) in [6.45, 7) is 0.404. The van der Waals surface area contributed by atoms with E-state index in [1.54, 1.807) is 24.3 Å². The molecule has 0 unspecified atom stereocenters. The molecule has 1 heterocycles. The number of benzene rings is 1. The van der Waals surface area contributed by atoms with E-state index < -0.39 is 6.04 Å². The van der Waals surface area contributed by atoms with Gasteiger partial charge in [0.2, 0.25) is 12.3 Å². The fraction of sp³-hybridized carbons (Fsp3) is 0.308. The van der Waals surface area contributed by atoms with Gasteiger partial charge in [-0.05, 0) is 24.1 Å². The molecule has 7 heteroatoms. The highest BCUT2D eigenvalue weighted by molar-refractivity contribution is 5.81. The van der Waals surface area contributed by atoms with Crippen molar-refractivity contribution in [3.05, 3.63) is 42.0 Å². The number of aromatic nitrogens is 2. The quantitative estimate of drug-likeness (QED) is 0.684. The van der Waals surface area contributed by atoms with Gasteiger partial charge in [0, 0.05) is 13.0 Å². The number of carbonyl (C=O) groups is 1. The third kappa shape index (κ3) is 4.06. The molecule has 0 spiro atoms. The molecule has 0 aliphatic carbocycles. The van der Waals surface area contributed by atoms with Gasteiger partial charge >= 0.3 is 0 Å². The maximum Gasteiger partial charge on any atom is 0.237 e. The lowest BCUT2D eigenvalue weighted by Crippen LogP contribution is -2.42. The maximum atomic E-state index is 11.8. The Balaban J connectivity index is 1.75. The Bertz CT molecular complexity index is 539. The predicted molar refractivity (Wildman–Crippen MR) is 70.8 cm³/mol. The van der Waals surface area contributed by atoms with Crippen molar-refractivity contribution in [2.75, 3.05) is 6.54 Å². The third-order valence-corrected chi connectivity index (χ3v) is 2.78. The van der Waals surface area contributed by atoms with E-state index in [2.05, 4.69) is 20.0 Å². The second-order valence-electron chi connectivity index (χ2n) is 4.37. The van der Waals surface area contributed by atoms with E-state index in [1.807, 2.05) is 0 Å². The van der Waals surface area contributed by atoms with E-state index in [-0.39, 0.29) is 11.7 Å². The van der Waals surface area contributed by atoms with Crippen molar-refractivity contribution in [3.63, 3.8) is 0 Å². The van der Waals surface area contributed by atoms with Crippen molar-refractivity contribution in [1.82, 2.24) is 15.5 Å². The highest BCUT2D eigenvalue weighted by Crippen LogP contribution is 2.10. The summed E-state index contributed by atoms with van der Waals surface area (Å²) in [4.78, 5) is 15.6. The first-order chi connectivity index (χ1) is 9.65. The highest BCUT2D eigenvalue weighted by atomic mass is 16.5. The van der Waals surface area contributed by atoms with Crippen LogP contribution in [0.4, 0.5) is 0 Å². The van der Waals surface area contributed by atoms with Gasteiger partial charge in [0.05, 0.1) is 6.04 Å². The molecule has 0 aliphatic heterocycles. The minimum atomic E-state index is -0.634. The number of amides is 1. The second kappa shape index (κ2) is 6.67. The zero-order valence-electron chi connectivity index (χ0n) is 10.8. The van der Waals surface area contributed by atoms with E-state index in [0.717, 1.165) is 5.56 Å². The topological polar surface area (TPSA) is 114 Å². The van der Waals surface area contributed by atoms with Crippen LogP contribution in [0.3, 0.4) is 0 Å². The summed E-state index contributed by atoms with van der Waals surface area (Å²) >= 11 is 0. The van der Waals surface area contributed by atoms with Crippen molar-refractivity contribution in [2.24, 2.45) is 5.73 Å². The number of carbonyl (C=O) groups excluding carboxylic acids is 1. The molecule has 0 bridgehead atoms. The van der Waals surface area contributed by atoms with Gasteiger partial charge in [-0.1, -0.05) is 17.3 Å². The molecule has 20 heavy (non-hydrogen) atoms. The predicted octanol–water partition coefficient (Wildman–Crippen LogP) is 0.00390. The van der Waals surface area contributed by atoms with Crippen LogP contribution in [0, 0.1) is 0 Å². The summed E-state index contributed by atoms with van der Waals surface area (Å²) < 4.78 is 4.59. The van der Waals surface area contributed by atoms with Crippen LogP contribution in [0.25, 0.3) is 0 Å². The van der Waals surface area contributed by atoms with E-state index in [0.29, 0.717) is 25.2 Å². The molecular weight excluding hydrogens is 260 g/mol. The van der Waals surface area contributed by atoms with Crippen molar-refractivity contribution >= 4 is 5.91 Å². The summed E-state index contributed by atoms with van der Waals surface area (Å²) in [5, 5.41) is 15.5. The number of nitrogens with one attached hydrogen (secondary N) is 1. The first kappa shape index (κ1) is 14.0. The maximum absolute atomic E-state index is 11.8. The van der Waals surface area contributed by atoms with Crippen LogP contribution in [0.5, 0.6) is 5.75 Å². The standard InChI is InChI=1S/C13H16N4O3/c14-11(7-9-1-3-10(18)4-2-9)13(19)15-6-5-12-16-8-20-17-12/h1-4,8,11,18H,5-7,14H2,(H,15,19)/t11-/m1/s1. The number of nitrogens with two attached hydrogens (primary N) is 1. The summed E-state index contributed by atoms with van der Waals surface area (Å²) in [7, 11) is 0. The molecule has 7 nitrogen and oxygen atoms in total. The molecular formula is C13H16N4O3. The Kier molecular flexibility index (Phi) is 4.67. The Hall–Kier alpha value is -2.41. The largest absolute Gasteiger partial charge is 0.508 e. The van der Waals surface area contributed by atoms with Crippen molar-refractivity contribution in [3.8, 4) is 5.75 Å². The van der Waals surface area contributed by atoms with Gasteiger partial charge in [-0.25, -0.2) is 0 Å². The number of phenolic OH excluding ortho intramolecular Hbond substituents is 1. The molecule has 0 saturated carbocycles. The third-order valence-electron chi connectivity index (χ3n) is 2.78. The first-order valence-electron chi connectivity index (χ1n) is 6.21. The minimum absolute atomic E-state index is 0.187. The molecule has 0 saturated heterocycles. The number of hydrogen-bond donors (Lipinski definition) is 3. The molecule has 0 fully saturated rings. The smallest absolute Gasteiger partial charge is 0.237 e. The molecule has 4 N–H and O–H groups in total. The number of phenols is 1. The van der Waals surface area contributed by atoms with Crippen molar-refractivity contribution in [2.45, 2.75) is 18.9 Å². The zero-order chi connectivity index (χ0) is 14.4. The lowest BCUT2D eigenvalue weighted by Gasteiger charge is -2.11. The molecule has 2 aromatic rings. The zero-order valence-corrected chi connectivity index (χ0v) is 10.8. The van der Waals surface area contributed by atoms with Gasteiger partial charge in [-0.3, -0.25) is 4.79 Å². The minimum Gasteiger partial charge on any atom is -0.508 e. The first-order valence-corrected chi connectivity index (χ1v) is 6.21. The fourth-order valence-corrected chi connectivity index (χ4v) is 1.71. The van der Waals surface area contributed by atoms with Gasteiger partial charge in [-0.2, -0.15) is 4.98 Å². The molecule has 2 rings (SSSR count). The molecule has 1 aromatic heterocycles. The molecule has 1 atom stereocenters. The number of rotatable bonds is 6. The Morgan fingerprint density at radius 3 is 2.80 bits per heavy atom. The average Bonchev–Trinajstić information content (AvgIpc) is 2.94. The summed E-state index contributed by atoms with van der Waals surface area (Å²) in [6, 6.07) is 5.97. The Morgan fingerprint density at radius 1 is 1.40 bits per heavy atom. The van der Waals surface area contributed by atoms with Gasteiger partial charge in [0.1, 0.15) is 5.75 Å². The van der Waals surface area contributed by atoms with Gasteiger partial charge in [0.15, 0.2) is 5.82 Å². The number of hydrogen-bond acceptors (Lipinski definition) is 6. The lowest BCUT2D eigenvalue weighted by atomic mass is 10.1. The van der Waals surface area contributed by atoms with Crippen LogP contribution in [-0.2, 0) is 17.6 Å². The van der Waals surface area contributed by atoms with E-state index in [4.69, 9.17) is 5.73 Å². The van der Waals surface area contributed by atoms with E-state index in [1.165, 1.54) is 6.39 Å². The van der Waals surface area contributed by atoms with Crippen LogP contribution in [0.15, 0.2) is 35.2 Å². The number of aromatic hydroxyl groups is 1. The van der Waals surface area contributed by atoms with Crippen molar-refractivity contribution < 1.29 is 14.4 Å². The van der Waals surface area contributed by atoms with E-state index in [9.17, 15) is 9.90 Å². The van der Waals surface area contributed by atoms with Gasteiger partial charge < -0.3 is 20.7 Å². The van der Waals surface area contributed by atoms with Crippen LogP contribution < -0.4 is 11.1 Å². The highest BCUT2D eigenvalue weighted by Gasteiger charge is 2.13. The molecule has 0 aliphatic rings. The fourth-order valence-electron chi connectivity index (χ4n) is 1.71. The molecule has 1 amide bonds. The Morgan fingerprint density at radius 2 is 2.15 bits per heavy atom.